The van der Waals surface area contributed by atoms with Crippen molar-refractivity contribution in [2.75, 3.05) is 0 Å². The summed E-state index contributed by atoms with van der Waals surface area (Å²) in [4.78, 5) is 17.0. The van der Waals surface area contributed by atoms with Crippen molar-refractivity contribution in [1.29, 1.82) is 0 Å². The van der Waals surface area contributed by atoms with E-state index in [1.54, 1.807) is 11.3 Å². The Kier molecular flexibility index (Phi) is 13.0. The molecule has 0 bridgehead atoms. The monoisotopic (exact) mass is 895 g/mol. The quantitative estimate of drug-likeness (QED) is 0.0845. The molecule has 3 aromatic carbocycles. The number of aliphatic hydroxyl groups excluding tert-OH is 1. The first-order chi connectivity index (χ1) is 24.1. The van der Waals surface area contributed by atoms with E-state index >= 15 is 0 Å². The molecule has 0 fully saturated rings. The Morgan fingerprint density at radius 3 is 2.10 bits per heavy atom. The van der Waals surface area contributed by atoms with E-state index in [2.05, 4.69) is 94.6 Å². The number of aliphatic hydroxyl groups is 1. The van der Waals surface area contributed by atoms with Gasteiger partial charge in [-0.25, -0.2) is 0 Å². The summed E-state index contributed by atoms with van der Waals surface area (Å²) in [7, 11) is 0. The third-order valence-electron chi connectivity index (χ3n) is 11.2. The molecule has 0 aliphatic rings. The Bertz CT molecular complexity index is 2210. The van der Waals surface area contributed by atoms with E-state index in [1.165, 1.54) is 32.7 Å². The number of thiophene rings is 1. The van der Waals surface area contributed by atoms with Crippen molar-refractivity contribution in [3.8, 4) is 11.3 Å². The summed E-state index contributed by atoms with van der Waals surface area (Å²) in [6.45, 7) is 23.4. The Morgan fingerprint density at radius 2 is 1.48 bits per heavy atom. The molecule has 6 rings (SSSR count). The summed E-state index contributed by atoms with van der Waals surface area (Å²) < 4.78 is 7.86. The smallest absolute Gasteiger partial charge is 0.164 e. The van der Waals surface area contributed by atoms with Gasteiger partial charge >= 0.3 is 0 Å². The van der Waals surface area contributed by atoms with Gasteiger partial charge in [-0.1, -0.05) is 111 Å². The van der Waals surface area contributed by atoms with Crippen molar-refractivity contribution >= 4 is 59.9 Å². The molecule has 0 saturated heterocycles. The predicted molar refractivity (Wildman–Crippen MR) is 219 cm³/mol. The number of hydrogen-bond donors (Lipinski definition) is 1. The maximum atomic E-state index is 12.2. The van der Waals surface area contributed by atoms with Crippen LogP contribution in [0.4, 0.5) is 0 Å². The van der Waals surface area contributed by atoms with Crippen LogP contribution in [0.2, 0.25) is 0 Å². The molecule has 0 unspecified atom stereocenters. The summed E-state index contributed by atoms with van der Waals surface area (Å²) in [6.07, 6.45) is 7.74. The molecule has 1 radical (unpaired) electrons. The summed E-state index contributed by atoms with van der Waals surface area (Å²) in [5.41, 5.74) is 5.76. The molecule has 4 nitrogen and oxygen atoms in total. The standard InChI is InChI=1S/C31H28NOS.C15H28O2.Ir/c1-18(2)14-21-17-34-30-23(21)10-11-24-25-12-13-32-27(28(25)33-29(24)30)20-15-19-8-6-7-9-22(19)26(16-20)31(3,4)5;1-7-14(5,8-2)12(16)11-13(17)15(6,9-3)10-4;/h6-13,16-18H,14H2,1-5H3;11,16H,7-10H2,1-6H3;/q-1;;/b;12-11-;. The summed E-state index contributed by atoms with van der Waals surface area (Å²) in [5.74, 6) is 0.911. The van der Waals surface area contributed by atoms with Crippen LogP contribution in [0, 0.1) is 22.8 Å². The molecule has 6 heteroatoms. The first-order valence-corrected chi connectivity index (χ1v) is 19.6. The van der Waals surface area contributed by atoms with Crippen molar-refractivity contribution in [3.63, 3.8) is 0 Å². The van der Waals surface area contributed by atoms with E-state index in [9.17, 15) is 9.90 Å². The number of furan rings is 1. The molecule has 0 saturated carbocycles. The summed E-state index contributed by atoms with van der Waals surface area (Å²) in [5, 5.41) is 18.4. The number of carbonyl (C=O) groups excluding carboxylic acids is 1. The molecule has 0 spiro atoms. The molecule has 1 N–H and O–H groups in total. The van der Waals surface area contributed by atoms with E-state index in [-0.39, 0.29) is 47.9 Å². The number of aromatic nitrogens is 1. The number of rotatable bonds is 10. The van der Waals surface area contributed by atoms with Crippen LogP contribution >= 0.6 is 11.3 Å². The van der Waals surface area contributed by atoms with E-state index in [0.717, 1.165) is 70.7 Å². The van der Waals surface area contributed by atoms with E-state index in [1.807, 2.05) is 47.7 Å². The van der Waals surface area contributed by atoms with Gasteiger partial charge in [-0.3, -0.25) is 9.78 Å². The molecular formula is C46H56IrNO3S-. The van der Waals surface area contributed by atoms with Gasteiger partial charge in [-0.2, -0.15) is 0 Å². The van der Waals surface area contributed by atoms with Crippen molar-refractivity contribution in [1.82, 2.24) is 4.98 Å². The number of ketones is 1. The third kappa shape index (κ3) is 8.10. The average Bonchev–Trinajstić information content (AvgIpc) is 3.71. The minimum Gasteiger partial charge on any atom is -0.512 e. The minimum atomic E-state index is -0.337. The van der Waals surface area contributed by atoms with Gasteiger partial charge in [0.25, 0.3) is 0 Å². The molecule has 0 atom stereocenters. The Balaban J connectivity index is 0.000000289. The zero-order valence-corrected chi connectivity index (χ0v) is 36.1. The van der Waals surface area contributed by atoms with Gasteiger partial charge in [-0.05, 0) is 71.9 Å². The van der Waals surface area contributed by atoms with Gasteiger partial charge < -0.3 is 9.52 Å². The fourth-order valence-corrected chi connectivity index (χ4v) is 7.82. The zero-order valence-electron chi connectivity index (χ0n) is 32.9. The number of carbonyl (C=O) groups is 1. The molecule has 3 aromatic heterocycles. The van der Waals surface area contributed by atoms with Crippen LogP contribution in [0.15, 0.2) is 76.4 Å². The van der Waals surface area contributed by atoms with Gasteiger partial charge in [0, 0.05) is 59.7 Å². The van der Waals surface area contributed by atoms with Crippen LogP contribution in [0.3, 0.4) is 0 Å². The van der Waals surface area contributed by atoms with Crippen LogP contribution in [0.25, 0.3) is 54.1 Å². The third-order valence-corrected chi connectivity index (χ3v) is 12.3. The van der Waals surface area contributed by atoms with Crippen molar-refractivity contribution in [2.45, 2.75) is 114 Å². The van der Waals surface area contributed by atoms with Crippen molar-refractivity contribution < 1.29 is 34.4 Å². The van der Waals surface area contributed by atoms with Crippen molar-refractivity contribution in [2.24, 2.45) is 16.7 Å². The average molecular weight is 895 g/mol. The number of pyridine rings is 1. The largest absolute Gasteiger partial charge is 0.512 e. The van der Waals surface area contributed by atoms with Crippen LogP contribution in [0.5, 0.6) is 0 Å². The number of fused-ring (bicyclic) bond motifs is 6. The normalized spacial score (nSPS) is 12.8. The maximum absolute atomic E-state index is 12.2. The number of hydrogen-bond acceptors (Lipinski definition) is 5. The fraction of sp³-hybridized carbons (Fsp3) is 0.435. The molecule has 0 amide bonds. The summed E-state index contributed by atoms with van der Waals surface area (Å²) >= 11 is 1.79. The first-order valence-electron chi connectivity index (χ1n) is 18.7. The second kappa shape index (κ2) is 16.4. The minimum absolute atomic E-state index is 0. The van der Waals surface area contributed by atoms with Crippen molar-refractivity contribution in [3.05, 3.63) is 89.1 Å². The Labute approximate surface area is 328 Å². The van der Waals surface area contributed by atoms with Crippen LogP contribution < -0.4 is 0 Å². The maximum Gasteiger partial charge on any atom is 0.164 e. The molecule has 52 heavy (non-hydrogen) atoms. The SMILES string of the molecule is CC(C)Cc1csc2c1ccc1c3ccnc(-c4[c-]c5ccccc5c(C(C)(C)C)c4)c3oc12.CCC(C)(CC)C(=O)/C=C(\O)C(C)(CC)CC.[Ir]. The summed E-state index contributed by atoms with van der Waals surface area (Å²) in [6, 6.07) is 20.9. The van der Waals surface area contributed by atoms with Crippen LogP contribution in [-0.2, 0) is 36.7 Å². The Hall–Kier alpha value is -3.31. The molecule has 0 aliphatic carbocycles. The second-order valence-corrected chi connectivity index (χ2v) is 17.0. The van der Waals surface area contributed by atoms with Gasteiger partial charge in [0.05, 0.1) is 4.70 Å². The number of benzene rings is 3. The van der Waals surface area contributed by atoms with Crippen LogP contribution in [0.1, 0.15) is 113 Å². The molecular weight excluding hydrogens is 839 g/mol. The van der Waals surface area contributed by atoms with Gasteiger partial charge in [0.1, 0.15) is 11.3 Å². The van der Waals surface area contributed by atoms with E-state index in [0.29, 0.717) is 5.92 Å². The van der Waals surface area contributed by atoms with Gasteiger partial charge in [-0.15, -0.1) is 40.5 Å². The predicted octanol–water partition coefficient (Wildman–Crippen LogP) is 14.0. The zero-order chi connectivity index (χ0) is 37.3. The van der Waals surface area contributed by atoms with Gasteiger partial charge in [0.2, 0.25) is 0 Å². The number of allylic oxidation sites excluding steroid dienone is 2. The van der Waals surface area contributed by atoms with Gasteiger partial charge in [0.15, 0.2) is 11.4 Å². The van der Waals surface area contributed by atoms with E-state index < -0.39 is 0 Å². The first kappa shape index (κ1) is 41.4. The van der Waals surface area contributed by atoms with E-state index in [4.69, 9.17) is 9.40 Å². The fourth-order valence-electron chi connectivity index (χ4n) is 6.76. The topological polar surface area (TPSA) is 63.3 Å². The second-order valence-electron chi connectivity index (χ2n) is 16.1. The molecule has 0 aliphatic heterocycles. The number of nitrogens with zero attached hydrogens (tertiary/aromatic N) is 1. The Morgan fingerprint density at radius 1 is 0.865 bits per heavy atom. The molecule has 279 valence electrons. The van der Waals surface area contributed by atoms with Crippen LogP contribution in [-0.4, -0.2) is 15.9 Å². The molecule has 3 heterocycles. The molecule has 6 aromatic rings.